The van der Waals surface area contributed by atoms with Crippen LogP contribution in [0.15, 0.2) is 18.2 Å². The monoisotopic (exact) mass is 316 g/mol. The first-order chi connectivity index (χ1) is 11.1. The summed E-state index contributed by atoms with van der Waals surface area (Å²) < 4.78 is 11.0. The van der Waals surface area contributed by atoms with E-state index >= 15 is 0 Å². The average Bonchev–Trinajstić information content (AvgIpc) is 3.29. The van der Waals surface area contributed by atoms with Crippen molar-refractivity contribution in [3.8, 4) is 11.5 Å². The molecule has 2 amide bonds. The molecule has 0 unspecified atom stereocenters. The predicted octanol–water partition coefficient (Wildman–Crippen LogP) is 1.65. The van der Waals surface area contributed by atoms with E-state index in [1.807, 2.05) is 23.1 Å². The van der Waals surface area contributed by atoms with Crippen molar-refractivity contribution in [1.82, 2.24) is 4.90 Å². The Kier molecular flexibility index (Phi) is 3.21. The van der Waals surface area contributed by atoms with E-state index in [9.17, 15) is 9.59 Å². The summed E-state index contributed by atoms with van der Waals surface area (Å²) in [5, 5.41) is 3.01. The third-order valence-corrected chi connectivity index (χ3v) is 5.20. The Morgan fingerprint density at radius 2 is 2.04 bits per heavy atom. The molecule has 4 rings (SSSR count). The predicted molar refractivity (Wildman–Crippen MR) is 83.5 cm³/mol. The van der Waals surface area contributed by atoms with Crippen LogP contribution in [0, 0.1) is 11.3 Å². The van der Waals surface area contributed by atoms with Gasteiger partial charge in [0.2, 0.25) is 11.8 Å². The molecule has 6 nitrogen and oxygen atoms in total. The van der Waals surface area contributed by atoms with Gasteiger partial charge in [-0.25, -0.2) is 0 Å². The first-order valence-corrected chi connectivity index (χ1v) is 8.05. The molecule has 0 aromatic heterocycles. The summed E-state index contributed by atoms with van der Waals surface area (Å²) in [5.74, 6) is 1.83. The van der Waals surface area contributed by atoms with Crippen molar-refractivity contribution < 1.29 is 19.1 Å². The van der Waals surface area contributed by atoms with E-state index < -0.39 is 0 Å². The van der Waals surface area contributed by atoms with Crippen LogP contribution in [0.1, 0.15) is 19.8 Å². The number of carbonyl (C=O) groups is 2. The van der Waals surface area contributed by atoms with Crippen molar-refractivity contribution in [2.75, 3.05) is 31.6 Å². The van der Waals surface area contributed by atoms with Crippen molar-refractivity contribution in [3.05, 3.63) is 18.2 Å². The van der Waals surface area contributed by atoms with Crippen LogP contribution < -0.4 is 14.8 Å². The van der Waals surface area contributed by atoms with E-state index in [2.05, 4.69) is 5.32 Å². The standard InChI is InChI=1S/C17H20N2O4/c1-11(20)19-5-4-17(9-12(17)10-19)16(21)18-13-2-3-14-15(8-13)23-7-6-22-14/h2-3,8,12H,4-7,9-10H2,1H3,(H,18,21)/t12-,17-/m1/s1. The second kappa shape index (κ2) is 5.15. The molecular weight excluding hydrogens is 296 g/mol. The van der Waals surface area contributed by atoms with E-state index in [1.165, 1.54) is 0 Å². The number of nitrogens with one attached hydrogen (secondary N) is 1. The highest BCUT2D eigenvalue weighted by Crippen LogP contribution is 2.58. The first kappa shape index (κ1) is 14.4. The molecule has 6 heteroatoms. The minimum atomic E-state index is -0.292. The van der Waals surface area contributed by atoms with Gasteiger partial charge in [0.1, 0.15) is 13.2 Å². The Bertz CT molecular complexity index is 675. The van der Waals surface area contributed by atoms with E-state index in [0.29, 0.717) is 37.8 Å². The molecule has 2 aliphatic heterocycles. The van der Waals surface area contributed by atoms with Crippen LogP contribution >= 0.6 is 0 Å². The smallest absolute Gasteiger partial charge is 0.231 e. The van der Waals surface area contributed by atoms with E-state index in [-0.39, 0.29) is 23.1 Å². The largest absolute Gasteiger partial charge is 0.486 e. The minimum absolute atomic E-state index is 0.0578. The molecule has 1 aromatic carbocycles. The Morgan fingerprint density at radius 1 is 1.26 bits per heavy atom. The van der Waals surface area contributed by atoms with Crippen LogP contribution in [0.25, 0.3) is 0 Å². The molecule has 23 heavy (non-hydrogen) atoms. The number of fused-ring (bicyclic) bond motifs is 2. The van der Waals surface area contributed by atoms with Gasteiger partial charge in [0.15, 0.2) is 11.5 Å². The quantitative estimate of drug-likeness (QED) is 0.901. The van der Waals surface area contributed by atoms with Gasteiger partial charge in [-0.1, -0.05) is 0 Å². The molecule has 1 aliphatic carbocycles. The number of amides is 2. The van der Waals surface area contributed by atoms with Crippen molar-refractivity contribution in [2.45, 2.75) is 19.8 Å². The van der Waals surface area contributed by atoms with Gasteiger partial charge in [-0.2, -0.15) is 0 Å². The van der Waals surface area contributed by atoms with Gasteiger partial charge in [-0.15, -0.1) is 0 Å². The summed E-state index contributed by atoms with van der Waals surface area (Å²) in [6.45, 7) is 4.03. The fraction of sp³-hybridized carbons (Fsp3) is 0.529. The maximum absolute atomic E-state index is 12.7. The number of nitrogens with zero attached hydrogens (tertiary/aromatic N) is 1. The van der Waals surface area contributed by atoms with Gasteiger partial charge in [-0.3, -0.25) is 9.59 Å². The van der Waals surface area contributed by atoms with Crippen molar-refractivity contribution in [3.63, 3.8) is 0 Å². The van der Waals surface area contributed by atoms with Crippen LogP contribution in [0.3, 0.4) is 0 Å². The maximum atomic E-state index is 12.7. The van der Waals surface area contributed by atoms with Gasteiger partial charge in [-0.05, 0) is 30.9 Å². The molecule has 122 valence electrons. The molecule has 1 aromatic rings. The zero-order chi connectivity index (χ0) is 16.0. The summed E-state index contributed by atoms with van der Waals surface area (Å²) in [5.41, 5.74) is 0.437. The highest BCUT2D eigenvalue weighted by Gasteiger charge is 2.61. The summed E-state index contributed by atoms with van der Waals surface area (Å²) in [6, 6.07) is 5.47. The van der Waals surface area contributed by atoms with Crippen molar-refractivity contribution in [1.29, 1.82) is 0 Å². The fourth-order valence-corrected chi connectivity index (χ4v) is 3.67. The Hall–Kier alpha value is -2.24. The lowest BCUT2D eigenvalue weighted by Crippen LogP contribution is -2.41. The highest BCUT2D eigenvalue weighted by molar-refractivity contribution is 5.98. The lowest BCUT2D eigenvalue weighted by atomic mass is 9.94. The molecule has 0 bridgehead atoms. The van der Waals surface area contributed by atoms with Gasteiger partial charge in [0.25, 0.3) is 0 Å². The van der Waals surface area contributed by atoms with Crippen LogP contribution in [0.2, 0.25) is 0 Å². The second-order valence-corrected chi connectivity index (χ2v) is 6.58. The van der Waals surface area contributed by atoms with Crippen LogP contribution in [-0.2, 0) is 9.59 Å². The number of anilines is 1. The minimum Gasteiger partial charge on any atom is -0.486 e. The maximum Gasteiger partial charge on any atom is 0.231 e. The topological polar surface area (TPSA) is 67.9 Å². The molecular formula is C17H20N2O4. The molecule has 2 heterocycles. The average molecular weight is 316 g/mol. The fourth-order valence-electron chi connectivity index (χ4n) is 3.67. The van der Waals surface area contributed by atoms with Crippen molar-refractivity contribution in [2.24, 2.45) is 11.3 Å². The molecule has 2 fully saturated rings. The van der Waals surface area contributed by atoms with Gasteiger partial charge in [0, 0.05) is 31.8 Å². The third-order valence-electron chi connectivity index (χ3n) is 5.20. The molecule has 3 aliphatic rings. The van der Waals surface area contributed by atoms with Gasteiger partial charge >= 0.3 is 0 Å². The number of likely N-dealkylation sites (tertiary alicyclic amines) is 1. The SMILES string of the molecule is CC(=O)N1CC[C@@]2(C(=O)Nc3ccc4c(c3)OCCO4)C[C@@H]2C1. The lowest BCUT2D eigenvalue weighted by molar-refractivity contribution is -0.132. The normalized spacial score (nSPS) is 27.9. The number of hydrogen-bond acceptors (Lipinski definition) is 4. The molecule has 2 atom stereocenters. The second-order valence-electron chi connectivity index (χ2n) is 6.58. The number of carbonyl (C=O) groups excluding carboxylic acids is 2. The molecule has 1 saturated carbocycles. The zero-order valence-electron chi connectivity index (χ0n) is 13.1. The Balaban J connectivity index is 1.44. The number of rotatable bonds is 2. The Labute approximate surface area is 134 Å². The Morgan fingerprint density at radius 3 is 2.78 bits per heavy atom. The van der Waals surface area contributed by atoms with Gasteiger partial charge in [0.05, 0.1) is 5.41 Å². The summed E-state index contributed by atoms with van der Waals surface area (Å²) >= 11 is 0. The van der Waals surface area contributed by atoms with E-state index in [1.54, 1.807) is 6.92 Å². The highest BCUT2D eigenvalue weighted by atomic mass is 16.6. The molecule has 0 spiro atoms. The summed E-state index contributed by atoms with van der Waals surface area (Å²) in [7, 11) is 0. The van der Waals surface area contributed by atoms with Gasteiger partial charge < -0.3 is 19.7 Å². The molecule has 1 saturated heterocycles. The summed E-state index contributed by atoms with van der Waals surface area (Å²) in [4.78, 5) is 26.0. The number of hydrogen-bond donors (Lipinski definition) is 1. The number of benzene rings is 1. The zero-order valence-corrected chi connectivity index (χ0v) is 13.1. The van der Waals surface area contributed by atoms with Crippen LogP contribution in [-0.4, -0.2) is 43.0 Å². The van der Waals surface area contributed by atoms with Crippen molar-refractivity contribution >= 4 is 17.5 Å². The van der Waals surface area contributed by atoms with E-state index in [4.69, 9.17) is 9.47 Å². The third kappa shape index (κ3) is 2.42. The first-order valence-electron chi connectivity index (χ1n) is 8.05. The lowest BCUT2D eigenvalue weighted by Gasteiger charge is -2.30. The van der Waals surface area contributed by atoms with Crippen LogP contribution in [0.4, 0.5) is 5.69 Å². The molecule has 0 radical (unpaired) electrons. The van der Waals surface area contributed by atoms with E-state index in [0.717, 1.165) is 18.5 Å². The number of piperidine rings is 1. The molecule has 1 N–H and O–H groups in total. The summed E-state index contributed by atoms with van der Waals surface area (Å²) in [6.07, 6.45) is 1.61. The number of ether oxygens (including phenoxy) is 2. The van der Waals surface area contributed by atoms with Crippen LogP contribution in [0.5, 0.6) is 11.5 Å².